The second kappa shape index (κ2) is 5.61. The molecule has 2 atom stereocenters. The molecule has 5 heteroatoms. The molecule has 1 fully saturated rings. The van der Waals surface area contributed by atoms with Crippen LogP contribution in [0.1, 0.15) is 25.3 Å². The molecule has 0 aromatic heterocycles. The zero-order chi connectivity index (χ0) is 13.1. The molecule has 0 spiro atoms. The van der Waals surface area contributed by atoms with Crippen LogP contribution in [0.2, 0.25) is 0 Å². The van der Waals surface area contributed by atoms with Crippen molar-refractivity contribution >= 4 is 23.1 Å². The number of hydrogen-bond donors (Lipinski definition) is 1. The van der Waals surface area contributed by atoms with Gasteiger partial charge in [0.2, 0.25) is 0 Å². The third-order valence-corrected chi connectivity index (χ3v) is 4.75. The van der Waals surface area contributed by atoms with Crippen molar-refractivity contribution in [2.45, 2.75) is 38.0 Å². The highest BCUT2D eigenvalue weighted by Gasteiger charge is 2.22. The minimum Gasteiger partial charge on any atom is -0.381 e. The molecule has 98 valence electrons. The molecule has 1 aromatic carbocycles. The second-order valence-corrected chi connectivity index (χ2v) is 6.21. The van der Waals surface area contributed by atoms with E-state index in [9.17, 15) is 10.1 Å². The average molecular weight is 266 g/mol. The van der Waals surface area contributed by atoms with Crippen molar-refractivity contribution in [3.05, 3.63) is 33.9 Å². The zero-order valence-corrected chi connectivity index (χ0v) is 11.5. The fourth-order valence-electron chi connectivity index (χ4n) is 2.24. The van der Waals surface area contributed by atoms with Gasteiger partial charge in [0.15, 0.2) is 0 Å². The normalized spacial score (nSPS) is 23.7. The van der Waals surface area contributed by atoms with Crippen LogP contribution in [0.5, 0.6) is 0 Å². The van der Waals surface area contributed by atoms with Crippen LogP contribution in [0, 0.1) is 17.0 Å². The smallest absolute Gasteiger partial charge is 0.269 e. The van der Waals surface area contributed by atoms with E-state index >= 15 is 0 Å². The van der Waals surface area contributed by atoms with Gasteiger partial charge in [-0.15, -0.1) is 0 Å². The van der Waals surface area contributed by atoms with E-state index in [-0.39, 0.29) is 10.6 Å². The Bertz CT molecular complexity index is 451. The summed E-state index contributed by atoms with van der Waals surface area (Å²) in [6.07, 6.45) is 2.41. The molecular weight excluding hydrogens is 248 g/mol. The maximum atomic E-state index is 10.7. The van der Waals surface area contributed by atoms with Crippen molar-refractivity contribution in [1.29, 1.82) is 0 Å². The number of nitro benzene ring substituents is 1. The van der Waals surface area contributed by atoms with Gasteiger partial charge in [-0.3, -0.25) is 10.1 Å². The van der Waals surface area contributed by atoms with E-state index in [0.717, 1.165) is 11.3 Å². The summed E-state index contributed by atoms with van der Waals surface area (Å²) in [5, 5.41) is 14.8. The van der Waals surface area contributed by atoms with Crippen molar-refractivity contribution in [2.24, 2.45) is 0 Å². The zero-order valence-electron chi connectivity index (χ0n) is 10.7. The molecule has 0 radical (unpaired) electrons. The van der Waals surface area contributed by atoms with Crippen LogP contribution in [0.25, 0.3) is 0 Å². The quantitative estimate of drug-likeness (QED) is 0.671. The van der Waals surface area contributed by atoms with Crippen molar-refractivity contribution < 1.29 is 4.92 Å². The molecular formula is C13H18N2O2S. The molecule has 0 amide bonds. The van der Waals surface area contributed by atoms with Gasteiger partial charge in [0.05, 0.1) is 4.92 Å². The summed E-state index contributed by atoms with van der Waals surface area (Å²) in [6, 6.07) is 5.47. The van der Waals surface area contributed by atoms with E-state index in [4.69, 9.17) is 0 Å². The lowest BCUT2D eigenvalue weighted by atomic mass is 10.1. The number of benzene rings is 1. The summed E-state index contributed by atoms with van der Waals surface area (Å²) in [7, 11) is 0. The van der Waals surface area contributed by atoms with Gasteiger partial charge in [-0.25, -0.2) is 0 Å². The standard InChI is InChI=1S/C13H18N2O2S/c1-9-8-11(15(16)17)5-6-12(9)14-13-4-3-7-18-10(13)2/h5-6,8,10,13-14H,3-4,7H2,1-2H3. The Hall–Kier alpha value is -1.23. The number of nitrogens with zero attached hydrogens (tertiary/aromatic N) is 1. The van der Waals surface area contributed by atoms with Gasteiger partial charge in [-0.05, 0) is 37.1 Å². The summed E-state index contributed by atoms with van der Waals surface area (Å²) < 4.78 is 0. The van der Waals surface area contributed by atoms with Crippen LogP contribution >= 0.6 is 11.8 Å². The van der Waals surface area contributed by atoms with E-state index in [2.05, 4.69) is 12.2 Å². The lowest BCUT2D eigenvalue weighted by molar-refractivity contribution is -0.384. The average Bonchev–Trinajstić information content (AvgIpc) is 2.34. The summed E-state index contributed by atoms with van der Waals surface area (Å²) >= 11 is 1.99. The number of nitro groups is 1. The van der Waals surface area contributed by atoms with Gasteiger partial charge in [0, 0.05) is 29.1 Å². The van der Waals surface area contributed by atoms with Crippen LogP contribution in [0.15, 0.2) is 18.2 Å². The SMILES string of the molecule is Cc1cc([N+](=O)[O-])ccc1NC1CCCSC1C. The molecule has 1 N–H and O–H groups in total. The highest BCUT2D eigenvalue weighted by atomic mass is 32.2. The summed E-state index contributed by atoms with van der Waals surface area (Å²) in [5.74, 6) is 1.23. The highest BCUT2D eigenvalue weighted by molar-refractivity contribution is 8.00. The molecule has 0 saturated carbocycles. The number of non-ortho nitro benzene ring substituents is 1. The van der Waals surface area contributed by atoms with Crippen molar-refractivity contribution in [2.75, 3.05) is 11.1 Å². The first-order valence-electron chi connectivity index (χ1n) is 6.21. The molecule has 1 saturated heterocycles. The fraction of sp³-hybridized carbons (Fsp3) is 0.538. The summed E-state index contributed by atoms with van der Waals surface area (Å²) in [4.78, 5) is 10.3. The van der Waals surface area contributed by atoms with E-state index in [0.29, 0.717) is 11.3 Å². The van der Waals surface area contributed by atoms with Crippen molar-refractivity contribution in [3.8, 4) is 0 Å². The maximum absolute atomic E-state index is 10.7. The van der Waals surface area contributed by atoms with Crippen LogP contribution in [0.3, 0.4) is 0 Å². The van der Waals surface area contributed by atoms with E-state index in [1.54, 1.807) is 12.1 Å². The molecule has 2 unspecified atom stereocenters. The van der Waals surface area contributed by atoms with Gasteiger partial charge in [0.1, 0.15) is 0 Å². The summed E-state index contributed by atoms with van der Waals surface area (Å²) in [6.45, 7) is 4.15. The molecule has 1 aliphatic rings. The van der Waals surface area contributed by atoms with Crippen LogP contribution < -0.4 is 5.32 Å². The first kappa shape index (κ1) is 13.2. The molecule has 4 nitrogen and oxygen atoms in total. The molecule has 1 heterocycles. The molecule has 0 bridgehead atoms. The van der Waals surface area contributed by atoms with Gasteiger partial charge < -0.3 is 5.32 Å². The molecule has 1 aliphatic heterocycles. The molecule has 2 rings (SSSR count). The van der Waals surface area contributed by atoms with Crippen molar-refractivity contribution in [1.82, 2.24) is 0 Å². The molecule has 1 aromatic rings. The minimum absolute atomic E-state index is 0.157. The Morgan fingerprint density at radius 1 is 1.50 bits per heavy atom. The number of anilines is 1. The number of rotatable bonds is 3. The van der Waals surface area contributed by atoms with E-state index < -0.39 is 0 Å². The second-order valence-electron chi connectivity index (χ2n) is 4.73. The maximum Gasteiger partial charge on any atom is 0.269 e. The lowest BCUT2D eigenvalue weighted by Crippen LogP contribution is -2.32. The first-order valence-corrected chi connectivity index (χ1v) is 7.26. The predicted octanol–water partition coefficient (Wildman–Crippen LogP) is 3.60. The first-order chi connectivity index (χ1) is 8.58. The van der Waals surface area contributed by atoms with E-state index in [1.165, 1.54) is 18.6 Å². The third kappa shape index (κ3) is 2.96. The molecule has 0 aliphatic carbocycles. The Balaban J connectivity index is 2.11. The fourth-order valence-corrected chi connectivity index (χ4v) is 3.38. The number of thioether (sulfide) groups is 1. The minimum atomic E-state index is -0.351. The topological polar surface area (TPSA) is 55.2 Å². The monoisotopic (exact) mass is 266 g/mol. The van der Waals surface area contributed by atoms with Crippen molar-refractivity contribution in [3.63, 3.8) is 0 Å². The van der Waals surface area contributed by atoms with Gasteiger partial charge in [0.25, 0.3) is 5.69 Å². The van der Waals surface area contributed by atoms with E-state index in [1.807, 2.05) is 24.8 Å². The lowest BCUT2D eigenvalue weighted by Gasteiger charge is -2.30. The molecule has 18 heavy (non-hydrogen) atoms. The Kier molecular flexibility index (Phi) is 4.11. The van der Waals surface area contributed by atoms with Crippen LogP contribution in [-0.4, -0.2) is 22.0 Å². The predicted molar refractivity (Wildman–Crippen MR) is 76.4 cm³/mol. The summed E-state index contributed by atoms with van der Waals surface area (Å²) in [5.41, 5.74) is 2.11. The Morgan fingerprint density at radius 3 is 2.89 bits per heavy atom. The Labute approximate surface area is 111 Å². The van der Waals surface area contributed by atoms with Crippen LogP contribution in [-0.2, 0) is 0 Å². The van der Waals surface area contributed by atoms with Gasteiger partial charge in [-0.1, -0.05) is 6.92 Å². The van der Waals surface area contributed by atoms with Gasteiger partial charge >= 0.3 is 0 Å². The Morgan fingerprint density at radius 2 is 2.28 bits per heavy atom. The highest BCUT2D eigenvalue weighted by Crippen LogP contribution is 2.29. The van der Waals surface area contributed by atoms with Crippen LogP contribution in [0.4, 0.5) is 11.4 Å². The number of hydrogen-bond acceptors (Lipinski definition) is 4. The largest absolute Gasteiger partial charge is 0.381 e. The number of aryl methyl sites for hydroxylation is 1. The van der Waals surface area contributed by atoms with Gasteiger partial charge in [-0.2, -0.15) is 11.8 Å². The third-order valence-electron chi connectivity index (χ3n) is 3.37. The number of nitrogens with one attached hydrogen (secondary N) is 1.